The number of hydrogen-bond donors (Lipinski definition) is 4. The molecule has 0 saturated heterocycles. The van der Waals surface area contributed by atoms with Gasteiger partial charge in [-0.2, -0.15) is 5.10 Å². The maximum Gasteiger partial charge on any atom is 0.337 e. The minimum atomic E-state index is -1.12. The first-order chi connectivity index (χ1) is 10.1. The molecule has 110 valence electrons. The number of aromatic amines is 1. The van der Waals surface area contributed by atoms with Crippen LogP contribution in [0.15, 0.2) is 29.0 Å². The van der Waals surface area contributed by atoms with E-state index in [0.29, 0.717) is 23.3 Å². The van der Waals surface area contributed by atoms with Gasteiger partial charge < -0.3 is 15.7 Å². The largest absolute Gasteiger partial charge is 0.478 e. The molecule has 0 radical (unpaired) electrons. The second-order valence-corrected chi connectivity index (χ2v) is 4.88. The Balaban J connectivity index is 1.95. The number of aromatic nitrogens is 3. The van der Waals surface area contributed by atoms with Gasteiger partial charge in [-0.15, -0.1) is 0 Å². The van der Waals surface area contributed by atoms with Crippen molar-refractivity contribution in [1.82, 2.24) is 20.5 Å². The van der Waals surface area contributed by atoms with E-state index in [9.17, 15) is 9.59 Å². The van der Waals surface area contributed by atoms with E-state index in [1.165, 1.54) is 12.4 Å². The number of amides is 2. The molecule has 9 heteroatoms. The van der Waals surface area contributed by atoms with Crippen molar-refractivity contribution >= 4 is 33.6 Å². The molecule has 1 heterocycles. The molecule has 0 saturated carbocycles. The van der Waals surface area contributed by atoms with E-state index >= 15 is 0 Å². The highest BCUT2D eigenvalue weighted by Gasteiger charge is 2.14. The maximum atomic E-state index is 11.8. The van der Waals surface area contributed by atoms with Gasteiger partial charge in [-0.3, -0.25) is 5.10 Å². The lowest BCUT2D eigenvalue weighted by Gasteiger charge is -2.11. The minimum absolute atomic E-state index is 0.00904. The molecule has 2 rings (SSSR count). The second kappa shape index (κ2) is 6.84. The maximum absolute atomic E-state index is 11.8. The minimum Gasteiger partial charge on any atom is -0.478 e. The molecule has 2 aromatic rings. The molecule has 0 bridgehead atoms. The third kappa shape index (κ3) is 4.02. The van der Waals surface area contributed by atoms with Crippen molar-refractivity contribution in [2.45, 2.75) is 6.42 Å². The first kappa shape index (κ1) is 15.0. The number of carboxylic acid groups (broad SMARTS) is 1. The van der Waals surface area contributed by atoms with Gasteiger partial charge in [-0.1, -0.05) is 6.07 Å². The van der Waals surface area contributed by atoms with Gasteiger partial charge in [0.1, 0.15) is 12.2 Å². The average Bonchev–Trinajstić information content (AvgIpc) is 2.94. The number of carboxylic acids is 1. The summed E-state index contributed by atoms with van der Waals surface area (Å²) in [6.07, 6.45) is 1.88. The summed E-state index contributed by atoms with van der Waals surface area (Å²) in [5.41, 5.74) is 0.219. The normalized spacial score (nSPS) is 10.1. The van der Waals surface area contributed by atoms with Crippen molar-refractivity contribution in [2.75, 3.05) is 11.9 Å². The molecular formula is C12H12BrN5O3. The van der Waals surface area contributed by atoms with Crippen LogP contribution in [0.25, 0.3) is 0 Å². The van der Waals surface area contributed by atoms with Crippen LogP contribution in [0.4, 0.5) is 10.5 Å². The summed E-state index contributed by atoms with van der Waals surface area (Å²) in [5, 5.41) is 20.6. The van der Waals surface area contributed by atoms with Crippen LogP contribution in [0.3, 0.4) is 0 Å². The number of benzene rings is 1. The number of aromatic carboxylic acids is 1. The van der Waals surface area contributed by atoms with E-state index in [2.05, 4.69) is 41.7 Å². The van der Waals surface area contributed by atoms with Gasteiger partial charge in [0.05, 0.1) is 11.3 Å². The molecule has 1 aromatic carbocycles. The molecule has 2 amide bonds. The Morgan fingerprint density at radius 1 is 1.38 bits per heavy atom. The van der Waals surface area contributed by atoms with Crippen LogP contribution in [-0.2, 0) is 6.42 Å². The highest BCUT2D eigenvalue weighted by Crippen LogP contribution is 2.26. The van der Waals surface area contributed by atoms with E-state index in [1.807, 2.05) is 0 Å². The predicted octanol–water partition coefficient (Wildman–Crippen LogP) is 1.63. The lowest BCUT2D eigenvalue weighted by molar-refractivity contribution is 0.0698. The summed E-state index contributed by atoms with van der Waals surface area (Å²) in [5.74, 6) is -0.462. The SMILES string of the molecule is O=C(NCCc1ncn[nH]1)Nc1c(Br)cccc1C(=O)O. The summed E-state index contributed by atoms with van der Waals surface area (Å²) >= 11 is 3.21. The first-order valence-electron chi connectivity index (χ1n) is 5.99. The number of halogens is 1. The zero-order valence-electron chi connectivity index (χ0n) is 10.8. The van der Waals surface area contributed by atoms with Crippen LogP contribution in [-0.4, -0.2) is 38.8 Å². The summed E-state index contributed by atoms with van der Waals surface area (Å²) in [4.78, 5) is 26.8. The molecule has 0 spiro atoms. The number of H-pyrrole nitrogens is 1. The number of urea groups is 1. The van der Waals surface area contributed by atoms with Crippen LogP contribution in [0.1, 0.15) is 16.2 Å². The predicted molar refractivity (Wildman–Crippen MR) is 78.2 cm³/mol. The Labute approximate surface area is 128 Å². The zero-order chi connectivity index (χ0) is 15.2. The third-order valence-electron chi connectivity index (χ3n) is 2.59. The second-order valence-electron chi connectivity index (χ2n) is 4.03. The van der Waals surface area contributed by atoms with E-state index in [4.69, 9.17) is 5.11 Å². The molecule has 21 heavy (non-hydrogen) atoms. The summed E-state index contributed by atoms with van der Waals surface area (Å²) in [6, 6.07) is 4.15. The quantitative estimate of drug-likeness (QED) is 0.651. The highest BCUT2D eigenvalue weighted by atomic mass is 79.9. The van der Waals surface area contributed by atoms with Crippen molar-refractivity contribution in [2.24, 2.45) is 0 Å². The molecule has 0 atom stereocenters. The lowest BCUT2D eigenvalue weighted by atomic mass is 10.2. The van der Waals surface area contributed by atoms with Crippen molar-refractivity contribution in [3.05, 3.63) is 40.4 Å². The van der Waals surface area contributed by atoms with Crippen LogP contribution in [0, 0.1) is 0 Å². The highest BCUT2D eigenvalue weighted by molar-refractivity contribution is 9.10. The molecular weight excluding hydrogens is 342 g/mol. The van der Waals surface area contributed by atoms with Crippen LogP contribution in [0.5, 0.6) is 0 Å². The topological polar surface area (TPSA) is 120 Å². The van der Waals surface area contributed by atoms with Crippen molar-refractivity contribution in [1.29, 1.82) is 0 Å². The van der Waals surface area contributed by atoms with E-state index in [1.54, 1.807) is 12.1 Å². The zero-order valence-corrected chi connectivity index (χ0v) is 12.3. The summed E-state index contributed by atoms with van der Waals surface area (Å²) in [6.45, 7) is 0.341. The van der Waals surface area contributed by atoms with Gasteiger partial charge in [0, 0.05) is 17.4 Å². The van der Waals surface area contributed by atoms with Gasteiger partial charge >= 0.3 is 12.0 Å². The number of carbonyl (C=O) groups is 2. The van der Waals surface area contributed by atoms with Gasteiger partial charge in [0.2, 0.25) is 0 Å². The summed E-state index contributed by atoms with van der Waals surface area (Å²) < 4.78 is 0.493. The summed E-state index contributed by atoms with van der Waals surface area (Å²) in [7, 11) is 0. The van der Waals surface area contributed by atoms with Gasteiger partial charge in [-0.05, 0) is 28.1 Å². The van der Waals surface area contributed by atoms with Crippen LogP contribution >= 0.6 is 15.9 Å². The number of para-hydroxylation sites is 1. The third-order valence-corrected chi connectivity index (χ3v) is 3.26. The Kier molecular flexibility index (Phi) is 4.88. The van der Waals surface area contributed by atoms with E-state index in [-0.39, 0.29) is 11.3 Å². The van der Waals surface area contributed by atoms with Crippen LogP contribution < -0.4 is 10.6 Å². The Morgan fingerprint density at radius 2 is 2.19 bits per heavy atom. The average molecular weight is 354 g/mol. The van der Waals surface area contributed by atoms with E-state index in [0.717, 1.165) is 0 Å². The van der Waals surface area contributed by atoms with Crippen LogP contribution in [0.2, 0.25) is 0 Å². The molecule has 8 nitrogen and oxygen atoms in total. The lowest BCUT2D eigenvalue weighted by Crippen LogP contribution is -2.31. The Bertz CT molecular complexity index is 644. The standard InChI is InChI=1S/C12H12BrN5O3/c13-8-3-1-2-7(11(19)20)10(8)17-12(21)14-5-4-9-15-6-16-18-9/h1-3,6H,4-5H2,(H,19,20)(H2,14,17,21)(H,15,16,18). The first-order valence-corrected chi connectivity index (χ1v) is 6.78. The van der Waals surface area contributed by atoms with Gasteiger partial charge in [0.25, 0.3) is 0 Å². The number of hydrogen-bond acceptors (Lipinski definition) is 4. The fraction of sp³-hybridized carbons (Fsp3) is 0.167. The molecule has 1 aromatic heterocycles. The molecule has 0 aliphatic rings. The molecule has 0 fully saturated rings. The van der Waals surface area contributed by atoms with Gasteiger partial charge in [-0.25, -0.2) is 14.6 Å². The Hall–Kier alpha value is -2.42. The monoisotopic (exact) mass is 353 g/mol. The number of rotatable bonds is 5. The fourth-order valence-electron chi connectivity index (χ4n) is 1.63. The number of carbonyl (C=O) groups excluding carboxylic acids is 1. The number of nitrogens with one attached hydrogen (secondary N) is 3. The number of nitrogens with zero attached hydrogens (tertiary/aromatic N) is 2. The number of anilines is 1. The van der Waals surface area contributed by atoms with Crippen molar-refractivity contribution < 1.29 is 14.7 Å². The van der Waals surface area contributed by atoms with Gasteiger partial charge in [0.15, 0.2) is 0 Å². The fourth-order valence-corrected chi connectivity index (χ4v) is 2.10. The Morgan fingerprint density at radius 3 is 2.86 bits per heavy atom. The smallest absolute Gasteiger partial charge is 0.337 e. The molecule has 0 aliphatic heterocycles. The molecule has 0 unspecified atom stereocenters. The molecule has 4 N–H and O–H groups in total. The van der Waals surface area contributed by atoms with E-state index < -0.39 is 12.0 Å². The van der Waals surface area contributed by atoms with Crippen molar-refractivity contribution in [3.63, 3.8) is 0 Å². The van der Waals surface area contributed by atoms with Crippen molar-refractivity contribution in [3.8, 4) is 0 Å². The molecule has 0 aliphatic carbocycles.